The molecule has 146 valence electrons. The molecule has 1 atom stereocenters. The molecule has 7 nitrogen and oxygen atoms in total. The summed E-state index contributed by atoms with van der Waals surface area (Å²) in [4.78, 5) is 28.0. The molecule has 10 heteroatoms. The monoisotopic (exact) mass is 439 g/mol. The van der Waals surface area contributed by atoms with Crippen LogP contribution < -0.4 is 11.2 Å². The minimum atomic E-state index is -3.88. The molecule has 0 spiro atoms. The molecule has 0 saturated heterocycles. The van der Waals surface area contributed by atoms with Crippen LogP contribution in [0.2, 0.25) is 10.0 Å². The lowest BCUT2D eigenvalue weighted by atomic mass is 9.95. The molecular formula is C18H15Cl2N3O4S. The molecule has 0 aliphatic carbocycles. The van der Waals surface area contributed by atoms with E-state index in [0.717, 1.165) is 11.1 Å². The zero-order chi connectivity index (χ0) is 20.2. The highest BCUT2D eigenvalue weighted by molar-refractivity contribution is 7.89. The number of hydrogen-bond donors (Lipinski definition) is 2. The Kier molecular flexibility index (Phi) is 4.62. The van der Waals surface area contributed by atoms with Gasteiger partial charge in [0.1, 0.15) is 0 Å². The molecule has 0 bridgehead atoms. The van der Waals surface area contributed by atoms with E-state index in [-0.39, 0.29) is 22.3 Å². The highest BCUT2D eigenvalue weighted by Gasteiger charge is 2.34. The van der Waals surface area contributed by atoms with E-state index in [2.05, 4.69) is 9.97 Å². The summed E-state index contributed by atoms with van der Waals surface area (Å²) in [6.45, 7) is 2.06. The number of aromatic amines is 2. The van der Waals surface area contributed by atoms with E-state index in [1.54, 1.807) is 19.1 Å². The third-order valence-electron chi connectivity index (χ3n) is 4.98. The van der Waals surface area contributed by atoms with Gasteiger partial charge in [-0.15, -0.1) is 0 Å². The number of fused-ring (bicyclic) bond motifs is 2. The molecule has 1 aliphatic heterocycles. The molecule has 1 aromatic heterocycles. The number of nitrogens with zero attached hydrogens (tertiary/aromatic N) is 1. The summed E-state index contributed by atoms with van der Waals surface area (Å²) in [5.41, 5.74) is 0.735. The third-order valence-corrected chi connectivity index (χ3v) is 7.67. The third kappa shape index (κ3) is 3.06. The summed E-state index contributed by atoms with van der Waals surface area (Å²) in [6, 6.07) is 7.08. The van der Waals surface area contributed by atoms with Crippen molar-refractivity contribution < 1.29 is 8.42 Å². The lowest BCUT2D eigenvalue weighted by molar-refractivity contribution is 0.326. The number of sulfonamides is 1. The Labute approximate surface area is 170 Å². The van der Waals surface area contributed by atoms with Crippen LogP contribution in [-0.2, 0) is 16.4 Å². The van der Waals surface area contributed by atoms with E-state index in [0.29, 0.717) is 16.5 Å². The average molecular weight is 440 g/mol. The highest BCUT2D eigenvalue weighted by atomic mass is 35.5. The smallest absolute Gasteiger partial charge is 0.307 e. The molecule has 2 heterocycles. The van der Waals surface area contributed by atoms with Crippen LogP contribution in [0.15, 0.2) is 44.8 Å². The predicted octanol–water partition coefficient (Wildman–Crippen LogP) is 2.83. The molecule has 28 heavy (non-hydrogen) atoms. The van der Waals surface area contributed by atoms with Gasteiger partial charge in [-0.1, -0.05) is 23.2 Å². The maximum Gasteiger partial charge on any atom is 0.326 e. The van der Waals surface area contributed by atoms with Crippen LogP contribution in [0, 0.1) is 0 Å². The van der Waals surface area contributed by atoms with Crippen molar-refractivity contribution in [1.82, 2.24) is 14.3 Å². The van der Waals surface area contributed by atoms with E-state index in [4.69, 9.17) is 23.2 Å². The van der Waals surface area contributed by atoms with Crippen LogP contribution in [0.4, 0.5) is 0 Å². The molecule has 0 fully saturated rings. The molecule has 1 aliphatic rings. The average Bonchev–Trinajstić information content (AvgIpc) is 2.63. The minimum absolute atomic E-state index is 0.0205. The van der Waals surface area contributed by atoms with Gasteiger partial charge in [0.2, 0.25) is 10.0 Å². The van der Waals surface area contributed by atoms with Gasteiger partial charge >= 0.3 is 5.69 Å². The van der Waals surface area contributed by atoms with E-state index in [1.807, 2.05) is 0 Å². The van der Waals surface area contributed by atoms with E-state index in [1.165, 1.54) is 22.5 Å². The first kappa shape index (κ1) is 19.2. The van der Waals surface area contributed by atoms with Crippen LogP contribution in [0.1, 0.15) is 24.1 Å². The number of halogens is 2. The van der Waals surface area contributed by atoms with Gasteiger partial charge in [0.15, 0.2) is 0 Å². The second kappa shape index (κ2) is 6.73. The van der Waals surface area contributed by atoms with Gasteiger partial charge in [-0.2, -0.15) is 4.31 Å². The van der Waals surface area contributed by atoms with Gasteiger partial charge in [-0.25, -0.2) is 13.2 Å². The van der Waals surface area contributed by atoms with E-state index in [9.17, 15) is 18.0 Å². The van der Waals surface area contributed by atoms with Crippen molar-refractivity contribution in [2.75, 3.05) is 6.54 Å². The number of nitrogens with one attached hydrogen (secondary N) is 2. The topological polar surface area (TPSA) is 103 Å². The number of H-pyrrole nitrogens is 2. The van der Waals surface area contributed by atoms with Crippen LogP contribution >= 0.6 is 23.2 Å². The first-order valence-electron chi connectivity index (χ1n) is 8.44. The van der Waals surface area contributed by atoms with Crippen molar-refractivity contribution in [2.45, 2.75) is 24.3 Å². The second-order valence-corrected chi connectivity index (χ2v) is 9.33. The summed E-state index contributed by atoms with van der Waals surface area (Å²) >= 11 is 12.2. The highest BCUT2D eigenvalue weighted by Crippen LogP contribution is 2.37. The quantitative estimate of drug-likeness (QED) is 0.640. The Morgan fingerprint density at radius 3 is 2.54 bits per heavy atom. The summed E-state index contributed by atoms with van der Waals surface area (Å²) in [7, 11) is -3.88. The van der Waals surface area contributed by atoms with E-state index >= 15 is 0 Å². The molecule has 2 aromatic carbocycles. The Balaban J connectivity index is 1.80. The number of aromatic nitrogens is 2. The van der Waals surface area contributed by atoms with Gasteiger partial charge in [0, 0.05) is 12.6 Å². The molecule has 1 unspecified atom stereocenters. The van der Waals surface area contributed by atoms with E-state index < -0.39 is 27.3 Å². The van der Waals surface area contributed by atoms with Crippen molar-refractivity contribution in [3.8, 4) is 0 Å². The number of hydrogen-bond acceptors (Lipinski definition) is 4. The number of benzene rings is 2. The predicted molar refractivity (Wildman–Crippen MR) is 108 cm³/mol. The standard InChI is InChI=1S/C18H15Cl2N3O4S/c1-9-12-8-15(20)14(19)6-10(12)4-5-23(9)28(26,27)11-2-3-16-13(7-11)17(24)22-18(25)21-16/h2-3,6-9H,4-5H2,1H3,(H2,21,22,24,25). The molecule has 4 rings (SSSR count). The van der Waals surface area contributed by atoms with Crippen LogP contribution in [0.3, 0.4) is 0 Å². The molecule has 0 radical (unpaired) electrons. The van der Waals surface area contributed by atoms with Gasteiger partial charge in [0.25, 0.3) is 5.56 Å². The fraction of sp³-hybridized carbons (Fsp3) is 0.222. The normalized spacial score (nSPS) is 17.6. The van der Waals surface area contributed by atoms with Crippen molar-refractivity contribution in [1.29, 1.82) is 0 Å². The largest absolute Gasteiger partial charge is 0.326 e. The SMILES string of the molecule is CC1c2cc(Cl)c(Cl)cc2CCN1S(=O)(=O)c1ccc2[nH]c(=O)[nH]c(=O)c2c1. The zero-order valence-electron chi connectivity index (χ0n) is 14.6. The van der Waals surface area contributed by atoms with Crippen LogP contribution in [0.5, 0.6) is 0 Å². The Hall–Kier alpha value is -2.13. The van der Waals surface area contributed by atoms with Crippen molar-refractivity contribution in [2.24, 2.45) is 0 Å². The van der Waals surface area contributed by atoms with Crippen molar-refractivity contribution in [3.05, 3.63) is 72.3 Å². The molecular weight excluding hydrogens is 425 g/mol. The summed E-state index contributed by atoms with van der Waals surface area (Å²) < 4.78 is 27.9. The fourth-order valence-electron chi connectivity index (χ4n) is 3.56. The van der Waals surface area contributed by atoms with Crippen molar-refractivity contribution in [3.63, 3.8) is 0 Å². The minimum Gasteiger partial charge on any atom is -0.307 e. The van der Waals surface area contributed by atoms with Crippen LogP contribution in [0.25, 0.3) is 10.9 Å². The summed E-state index contributed by atoms with van der Waals surface area (Å²) in [6.07, 6.45) is 0.497. The maximum absolute atomic E-state index is 13.3. The Bertz CT molecular complexity index is 1330. The molecule has 0 saturated carbocycles. The van der Waals surface area contributed by atoms with Crippen LogP contribution in [-0.4, -0.2) is 29.2 Å². The lowest BCUT2D eigenvalue weighted by Gasteiger charge is -2.34. The van der Waals surface area contributed by atoms with Gasteiger partial charge in [-0.05, 0) is 54.8 Å². The first-order valence-corrected chi connectivity index (χ1v) is 10.6. The molecule has 3 aromatic rings. The van der Waals surface area contributed by atoms with Crippen molar-refractivity contribution >= 4 is 44.1 Å². The Morgan fingerprint density at radius 2 is 1.79 bits per heavy atom. The maximum atomic E-state index is 13.3. The zero-order valence-corrected chi connectivity index (χ0v) is 17.0. The summed E-state index contributed by atoms with van der Waals surface area (Å²) in [5, 5.41) is 0.903. The second-order valence-electron chi connectivity index (χ2n) is 6.62. The van der Waals surface area contributed by atoms with Gasteiger partial charge < -0.3 is 4.98 Å². The fourth-order valence-corrected chi connectivity index (χ4v) is 5.55. The Morgan fingerprint density at radius 1 is 1.07 bits per heavy atom. The molecule has 0 amide bonds. The lowest BCUT2D eigenvalue weighted by Crippen LogP contribution is -2.38. The number of rotatable bonds is 2. The summed E-state index contributed by atoms with van der Waals surface area (Å²) in [5.74, 6) is 0. The molecule has 2 N–H and O–H groups in total. The van der Waals surface area contributed by atoms with Gasteiger partial charge in [0.05, 0.1) is 25.8 Å². The first-order chi connectivity index (χ1) is 13.2. The van der Waals surface area contributed by atoms with Gasteiger partial charge in [-0.3, -0.25) is 9.78 Å².